The number of methoxy groups -OCH3 is 1. The van der Waals surface area contributed by atoms with Gasteiger partial charge in [0.2, 0.25) is 0 Å². The van der Waals surface area contributed by atoms with Gasteiger partial charge in [-0.2, -0.15) is 5.10 Å². The molecule has 0 bridgehead atoms. The van der Waals surface area contributed by atoms with Crippen molar-refractivity contribution in [3.63, 3.8) is 0 Å². The van der Waals surface area contributed by atoms with Crippen LogP contribution < -0.4 is 19.5 Å². The van der Waals surface area contributed by atoms with E-state index in [4.69, 9.17) is 14.2 Å². The first-order valence-corrected chi connectivity index (χ1v) is 11.0. The molecule has 4 rings (SSSR count). The molecule has 0 fully saturated rings. The van der Waals surface area contributed by atoms with E-state index in [-0.39, 0.29) is 5.91 Å². The minimum Gasteiger partial charge on any atom is -0.496 e. The van der Waals surface area contributed by atoms with Crippen molar-refractivity contribution in [2.45, 2.75) is 27.3 Å². The zero-order valence-electron chi connectivity index (χ0n) is 19.3. The van der Waals surface area contributed by atoms with Crippen molar-refractivity contribution in [1.82, 2.24) is 14.8 Å². The summed E-state index contributed by atoms with van der Waals surface area (Å²) < 4.78 is 18.9. The lowest BCUT2D eigenvalue weighted by atomic mass is 10.2. The van der Waals surface area contributed by atoms with Gasteiger partial charge in [-0.25, -0.2) is 0 Å². The first-order chi connectivity index (χ1) is 16.1. The van der Waals surface area contributed by atoms with Crippen molar-refractivity contribution in [2.75, 3.05) is 25.6 Å². The third kappa shape index (κ3) is 4.37. The smallest absolute Gasteiger partial charge is 0.257 e. The number of benzene rings is 2. The fourth-order valence-corrected chi connectivity index (χ4v) is 3.90. The fourth-order valence-electron chi connectivity index (χ4n) is 3.90. The standard InChI is InChI=1S/C25H28N4O4/c1-5-29-19-9-8-10-21(31-4)17(19)14-20(29)18-15-24(28-27-18)26-25(30)16-11-12-22(32-6-2)23(13-16)33-7-3/h8-15H,5-7H2,1-4H3,(H2,26,27,28,30). The average Bonchev–Trinajstić information content (AvgIpc) is 3.44. The van der Waals surface area contributed by atoms with E-state index in [0.717, 1.165) is 34.6 Å². The number of amides is 1. The van der Waals surface area contributed by atoms with Gasteiger partial charge in [0.25, 0.3) is 5.91 Å². The monoisotopic (exact) mass is 448 g/mol. The van der Waals surface area contributed by atoms with Crippen LogP contribution in [0.3, 0.4) is 0 Å². The molecule has 0 unspecified atom stereocenters. The van der Waals surface area contributed by atoms with Gasteiger partial charge in [-0.05, 0) is 57.2 Å². The predicted molar refractivity (Wildman–Crippen MR) is 128 cm³/mol. The fraction of sp³-hybridized carbons (Fsp3) is 0.280. The summed E-state index contributed by atoms with van der Waals surface area (Å²) in [6.45, 7) is 7.65. The second kappa shape index (κ2) is 9.68. The number of aromatic amines is 1. The zero-order chi connectivity index (χ0) is 23.4. The van der Waals surface area contributed by atoms with Crippen LogP contribution in [0.5, 0.6) is 17.2 Å². The first-order valence-electron chi connectivity index (χ1n) is 11.0. The maximum atomic E-state index is 12.8. The summed E-state index contributed by atoms with van der Waals surface area (Å²) in [7, 11) is 1.67. The predicted octanol–water partition coefficient (Wildman–Crippen LogP) is 5.11. The van der Waals surface area contributed by atoms with Crippen molar-refractivity contribution >= 4 is 22.6 Å². The van der Waals surface area contributed by atoms with Gasteiger partial charge < -0.3 is 24.1 Å². The Bertz CT molecular complexity index is 1270. The molecule has 0 saturated carbocycles. The molecule has 2 heterocycles. The largest absolute Gasteiger partial charge is 0.496 e. The molecule has 0 radical (unpaired) electrons. The number of nitrogens with zero attached hydrogens (tertiary/aromatic N) is 2. The Morgan fingerprint density at radius 2 is 1.79 bits per heavy atom. The molecule has 2 aromatic heterocycles. The second-order valence-electron chi connectivity index (χ2n) is 7.32. The molecule has 0 aliphatic carbocycles. The van der Waals surface area contributed by atoms with Crippen molar-refractivity contribution < 1.29 is 19.0 Å². The number of carbonyl (C=O) groups is 1. The lowest BCUT2D eigenvalue weighted by Crippen LogP contribution is -2.12. The van der Waals surface area contributed by atoms with Crippen molar-refractivity contribution in [1.29, 1.82) is 0 Å². The highest BCUT2D eigenvalue weighted by molar-refractivity contribution is 6.04. The van der Waals surface area contributed by atoms with E-state index < -0.39 is 0 Å². The van der Waals surface area contributed by atoms with E-state index in [2.05, 4.69) is 39.1 Å². The Hall–Kier alpha value is -3.94. The van der Waals surface area contributed by atoms with Crippen LogP contribution >= 0.6 is 0 Å². The number of fused-ring (bicyclic) bond motifs is 1. The van der Waals surface area contributed by atoms with Gasteiger partial charge >= 0.3 is 0 Å². The van der Waals surface area contributed by atoms with Crippen LogP contribution in [0.2, 0.25) is 0 Å². The molecule has 33 heavy (non-hydrogen) atoms. The van der Waals surface area contributed by atoms with Crippen LogP contribution in [0.4, 0.5) is 5.82 Å². The topological polar surface area (TPSA) is 90.4 Å². The highest BCUT2D eigenvalue weighted by atomic mass is 16.5. The summed E-state index contributed by atoms with van der Waals surface area (Å²) in [4.78, 5) is 12.8. The molecular weight excluding hydrogens is 420 g/mol. The number of hydrogen-bond donors (Lipinski definition) is 2. The van der Waals surface area contributed by atoms with Crippen LogP contribution in [0, 0.1) is 0 Å². The summed E-state index contributed by atoms with van der Waals surface area (Å²) in [5, 5.41) is 11.2. The maximum Gasteiger partial charge on any atom is 0.257 e. The van der Waals surface area contributed by atoms with Gasteiger partial charge in [0.1, 0.15) is 5.75 Å². The zero-order valence-corrected chi connectivity index (χ0v) is 19.3. The van der Waals surface area contributed by atoms with Gasteiger partial charge in [-0.3, -0.25) is 9.89 Å². The van der Waals surface area contributed by atoms with E-state index >= 15 is 0 Å². The third-order valence-corrected chi connectivity index (χ3v) is 5.34. The quantitative estimate of drug-likeness (QED) is 0.371. The Kier molecular flexibility index (Phi) is 6.53. The molecule has 2 aromatic carbocycles. The summed E-state index contributed by atoms with van der Waals surface area (Å²) in [6.07, 6.45) is 0. The summed E-state index contributed by atoms with van der Waals surface area (Å²) in [5.74, 6) is 2.11. The highest BCUT2D eigenvalue weighted by Gasteiger charge is 2.17. The molecule has 0 atom stereocenters. The van der Waals surface area contributed by atoms with Gasteiger partial charge in [0.15, 0.2) is 17.3 Å². The highest BCUT2D eigenvalue weighted by Crippen LogP contribution is 2.34. The minimum absolute atomic E-state index is 0.283. The Labute approximate surface area is 192 Å². The molecule has 8 nitrogen and oxygen atoms in total. The number of rotatable bonds is 9. The van der Waals surface area contributed by atoms with E-state index in [9.17, 15) is 4.79 Å². The van der Waals surface area contributed by atoms with E-state index in [0.29, 0.717) is 36.1 Å². The van der Waals surface area contributed by atoms with Crippen LogP contribution in [-0.4, -0.2) is 41.0 Å². The summed E-state index contributed by atoms with van der Waals surface area (Å²) in [6, 6.07) is 15.0. The van der Waals surface area contributed by atoms with Gasteiger partial charge in [0, 0.05) is 23.6 Å². The lowest BCUT2D eigenvalue weighted by molar-refractivity contribution is 0.102. The van der Waals surface area contributed by atoms with Crippen LogP contribution in [0.15, 0.2) is 48.5 Å². The van der Waals surface area contributed by atoms with E-state index in [1.165, 1.54) is 0 Å². The maximum absolute atomic E-state index is 12.8. The SMILES string of the molecule is CCOc1ccc(C(=O)Nc2cc(-c3cc4c(OC)cccc4n3CC)[nH]n2)cc1OCC. The molecule has 0 saturated heterocycles. The number of carbonyl (C=O) groups excluding carboxylic acids is 1. The molecule has 172 valence electrons. The van der Waals surface area contributed by atoms with Crippen LogP contribution in [0.25, 0.3) is 22.3 Å². The molecule has 8 heteroatoms. The molecule has 2 N–H and O–H groups in total. The second-order valence-corrected chi connectivity index (χ2v) is 7.32. The molecule has 0 spiro atoms. The number of aromatic nitrogens is 3. The number of nitrogens with one attached hydrogen (secondary N) is 2. The molecular formula is C25H28N4O4. The number of aryl methyl sites for hydroxylation is 1. The molecule has 0 aliphatic heterocycles. The van der Waals surface area contributed by atoms with Crippen molar-refractivity contribution in [2.24, 2.45) is 0 Å². The number of hydrogen-bond acceptors (Lipinski definition) is 5. The first kappa shape index (κ1) is 22.3. The number of anilines is 1. The molecule has 0 aliphatic rings. The minimum atomic E-state index is -0.283. The van der Waals surface area contributed by atoms with Gasteiger partial charge in [0.05, 0.1) is 37.2 Å². The lowest BCUT2D eigenvalue weighted by Gasteiger charge is -2.12. The summed E-state index contributed by atoms with van der Waals surface area (Å²) in [5.41, 5.74) is 3.29. The van der Waals surface area contributed by atoms with Gasteiger partial charge in [-0.1, -0.05) is 6.07 Å². The van der Waals surface area contributed by atoms with Crippen molar-refractivity contribution in [3.05, 3.63) is 54.1 Å². The van der Waals surface area contributed by atoms with Crippen molar-refractivity contribution in [3.8, 4) is 28.6 Å². The molecule has 4 aromatic rings. The van der Waals surface area contributed by atoms with Crippen LogP contribution in [0.1, 0.15) is 31.1 Å². The third-order valence-electron chi connectivity index (χ3n) is 5.34. The number of ether oxygens (including phenoxy) is 3. The van der Waals surface area contributed by atoms with E-state index in [1.807, 2.05) is 32.0 Å². The Morgan fingerprint density at radius 3 is 2.52 bits per heavy atom. The molecule has 1 amide bonds. The normalized spacial score (nSPS) is 10.9. The Morgan fingerprint density at radius 1 is 1.00 bits per heavy atom. The van der Waals surface area contributed by atoms with E-state index in [1.54, 1.807) is 25.3 Å². The average molecular weight is 449 g/mol. The Balaban J connectivity index is 1.60. The summed E-state index contributed by atoms with van der Waals surface area (Å²) >= 11 is 0. The van der Waals surface area contributed by atoms with Crippen LogP contribution in [-0.2, 0) is 6.54 Å². The number of H-pyrrole nitrogens is 1. The van der Waals surface area contributed by atoms with Gasteiger partial charge in [-0.15, -0.1) is 0 Å².